The Morgan fingerprint density at radius 2 is 1.93 bits per heavy atom. The Balaban J connectivity index is 1.52. The number of alkyl halides is 3. The van der Waals surface area contributed by atoms with Gasteiger partial charge < -0.3 is 14.8 Å². The Hall–Kier alpha value is -3.52. The monoisotopic (exact) mass is 625 g/mol. The third kappa shape index (κ3) is 7.09. The van der Waals surface area contributed by atoms with Gasteiger partial charge in [0.15, 0.2) is 0 Å². The highest BCUT2D eigenvalue weighted by atomic mass is 32.2. The fourth-order valence-corrected chi connectivity index (χ4v) is 7.26. The molecule has 3 aromatic rings. The number of carbonyl (C=O) groups excluding carboxylic acids is 2. The lowest BCUT2D eigenvalue weighted by Crippen LogP contribution is -2.19. The molecule has 0 saturated heterocycles. The highest BCUT2D eigenvalue weighted by molar-refractivity contribution is 7.91. The van der Waals surface area contributed by atoms with Crippen molar-refractivity contribution in [2.24, 2.45) is 5.92 Å². The summed E-state index contributed by atoms with van der Waals surface area (Å²) >= 11 is 1.30. The number of nitrogens with zero attached hydrogens (tertiary/aromatic N) is 2. The SMILES string of the molecule is CCOC(=O)c1c(NC(=O)CCCS(=O)(=O)c2nc(-c3ccccc3OC)cc(C(F)(F)F)n2)sc2c1CCC(C)C2. The number of benzene rings is 1. The third-order valence-electron chi connectivity index (χ3n) is 6.72. The molecule has 4 rings (SSSR count). The molecule has 9 nitrogen and oxygen atoms in total. The molecule has 1 unspecified atom stereocenters. The molecule has 1 aliphatic carbocycles. The van der Waals surface area contributed by atoms with Crippen molar-refractivity contribution in [2.45, 2.75) is 57.3 Å². The molecule has 42 heavy (non-hydrogen) atoms. The van der Waals surface area contributed by atoms with E-state index in [2.05, 4.69) is 22.2 Å². The molecule has 2 aromatic heterocycles. The van der Waals surface area contributed by atoms with Gasteiger partial charge in [0.05, 0.1) is 30.7 Å². The fraction of sp³-hybridized carbons (Fsp3) is 0.429. The number of ether oxygens (including phenoxy) is 2. The smallest absolute Gasteiger partial charge is 0.433 e. The van der Waals surface area contributed by atoms with E-state index in [4.69, 9.17) is 9.47 Å². The van der Waals surface area contributed by atoms with Crippen LogP contribution in [-0.2, 0) is 38.4 Å². The quantitative estimate of drug-likeness (QED) is 0.224. The van der Waals surface area contributed by atoms with Gasteiger partial charge in [-0.15, -0.1) is 11.3 Å². The van der Waals surface area contributed by atoms with Gasteiger partial charge in [-0.25, -0.2) is 23.2 Å². The first-order valence-electron chi connectivity index (χ1n) is 13.3. The second-order valence-electron chi connectivity index (χ2n) is 9.87. The summed E-state index contributed by atoms with van der Waals surface area (Å²) in [5.74, 6) is -1.11. The summed E-state index contributed by atoms with van der Waals surface area (Å²) in [6, 6.07) is 6.79. The number of sulfone groups is 1. The average Bonchev–Trinajstić information content (AvgIpc) is 3.28. The predicted octanol–water partition coefficient (Wildman–Crippen LogP) is 5.73. The number of thiophene rings is 1. The van der Waals surface area contributed by atoms with Crippen molar-refractivity contribution < 1.29 is 40.7 Å². The number of nitrogens with one attached hydrogen (secondary N) is 1. The molecular formula is C28H30F3N3O6S2. The molecule has 1 aromatic carbocycles. The van der Waals surface area contributed by atoms with E-state index in [0.29, 0.717) is 29.0 Å². The van der Waals surface area contributed by atoms with E-state index in [9.17, 15) is 31.2 Å². The number of hydrogen-bond donors (Lipinski definition) is 1. The number of fused-ring (bicyclic) bond motifs is 1. The van der Waals surface area contributed by atoms with Gasteiger partial charge in [0.25, 0.3) is 0 Å². The minimum absolute atomic E-state index is 0.161. The van der Waals surface area contributed by atoms with E-state index >= 15 is 0 Å². The van der Waals surface area contributed by atoms with Gasteiger partial charge in [-0.1, -0.05) is 19.1 Å². The Bertz CT molecular complexity index is 1590. The second-order valence-corrected chi connectivity index (χ2v) is 13.0. The molecule has 226 valence electrons. The van der Waals surface area contributed by atoms with Crippen LogP contribution in [0.5, 0.6) is 5.75 Å². The normalized spacial score (nSPS) is 15.1. The van der Waals surface area contributed by atoms with Gasteiger partial charge in [-0.05, 0) is 62.3 Å². The van der Waals surface area contributed by atoms with Crippen LogP contribution in [-0.4, -0.2) is 49.7 Å². The number of amides is 1. The van der Waals surface area contributed by atoms with Crippen LogP contribution < -0.4 is 10.1 Å². The summed E-state index contributed by atoms with van der Waals surface area (Å²) in [4.78, 5) is 33.7. The number of rotatable bonds is 10. The van der Waals surface area contributed by atoms with E-state index in [1.54, 1.807) is 19.1 Å². The lowest BCUT2D eigenvalue weighted by atomic mass is 9.88. The zero-order chi connectivity index (χ0) is 30.7. The lowest BCUT2D eigenvalue weighted by molar-refractivity contribution is -0.141. The molecule has 1 aliphatic rings. The van der Waals surface area contributed by atoms with Crippen molar-refractivity contribution in [2.75, 3.05) is 24.8 Å². The molecule has 0 fully saturated rings. The Morgan fingerprint density at radius 1 is 1.19 bits per heavy atom. The molecule has 1 amide bonds. The highest BCUT2D eigenvalue weighted by Crippen LogP contribution is 2.40. The maximum absolute atomic E-state index is 13.6. The van der Waals surface area contributed by atoms with Gasteiger partial charge >= 0.3 is 12.1 Å². The second kappa shape index (κ2) is 12.8. The minimum atomic E-state index is -4.93. The number of aromatic nitrogens is 2. The summed E-state index contributed by atoms with van der Waals surface area (Å²) in [7, 11) is -3.09. The summed E-state index contributed by atoms with van der Waals surface area (Å²) in [6.07, 6.45) is -3.05. The zero-order valence-corrected chi connectivity index (χ0v) is 24.8. The Morgan fingerprint density at radius 3 is 2.62 bits per heavy atom. The summed E-state index contributed by atoms with van der Waals surface area (Å²) in [6.45, 7) is 3.96. The van der Waals surface area contributed by atoms with Crippen LogP contribution in [0.1, 0.15) is 59.6 Å². The average molecular weight is 626 g/mol. The van der Waals surface area contributed by atoms with Gasteiger partial charge in [0, 0.05) is 16.9 Å². The summed E-state index contributed by atoms with van der Waals surface area (Å²) in [5, 5.41) is 2.06. The van der Waals surface area contributed by atoms with Crippen molar-refractivity contribution in [3.05, 3.63) is 52.0 Å². The third-order valence-corrected chi connectivity index (χ3v) is 9.45. The van der Waals surface area contributed by atoms with Crippen molar-refractivity contribution in [1.82, 2.24) is 9.97 Å². The van der Waals surface area contributed by atoms with E-state index < -0.39 is 44.5 Å². The number of halogens is 3. The van der Waals surface area contributed by atoms with E-state index in [0.717, 1.165) is 23.3 Å². The molecule has 1 N–H and O–H groups in total. The Labute approximate surface area is 245 Å². The standard InChI is InChI=1S/C28H30F3N3O6S2/c1-4-40-26(36)24-18-12-11-16(2)14-21(18)41-25(24)34-23(35)10-7-13-42(37,38)27-32-19(15-22(33-27)28(29,30)31)17-8-5-6-9-20(17)39-3/h5-6,8-9,15-16H,4,7,10-14H2,1-3H3,(H,34,35). The largest absolute Gasteiger partial charge is 0.496 e. The van der Waals surface area contributed by atoms with E-state index in [-0.39, 0.29) is 36.5 Å². The van der Waals surface area contributed by atoms with Gasteiger partial charge in [-0.3, -0.25) is 4.79 Å². The van der Waals surface area contributed by atoms with Crippen LogP contribution in [0.2, 0.25) is 0 Å². The summed E-state index contributed by atoms with van der Waals surface area (Å²) in [5.41, 5.74) is -0.340. The van der Waals surface area contributed by atoms with Crippen molar-refractivity contribution in [3.8, 4) is 17.0 Å². The van der Waals surface area contributed by atoms with Crippen molar-refractivity contribution in [3.63, 3.8) is 0 Å². The molecule has 0 bridgehead atoms. The zero-order valence-electron chi connectivity index (χ0n) is 23.2. The fourth-order valence-electron chi connectivity index (χ4n) is 4.66. The minimum Gasteiger partial charge on any atom is -0.496 e. The maximum atomic E-state index is 13.6. The van der Waals surface area contributed by atoms with Gasteiger partial charge in [0.1, 0.15) is 16.4 Å². The molecule has 2 heterocycles. The first kappa shape index (κ1) is 31.4. The number of anilines is 1. The van der Waals surface area contributed by atoms with E-state index in [1.807, 2.05) is 0 Å². The number of methoxy groups -OCH3 is 1. The Kier molecular flexibility index (Phi) is 9.56. The number of carbonyl (C=O) groups is 2. The molecule has 0 spiro atoms. The molecule has 0 saturated carbocycles. The van der Waals surface area contributed by atoms with Crippen LogP contribution in [0, 0.1) is 5.92 Å². The van der Waals surface area contributed by atoms with Crippen LogP contribution in [0.4, 0.5) is 18.2 Å². The lowest BCUT2D eigenvalue weighted by Gasteiger charge is -2.18. The maximum Gasteiger partial charge on any atom is 0.433 e. The van der Waals surface area contributed by atoms with E-state index in [1.165, 1.54) is 30.6 Å². The van der Waals surface area contributed by atoms with Crippen molar-refractivity contribution in [1.29, 1.82) is 0 Å². The van der Waals surface area contributed by atoms with Crippen LogP contribution in [0.15, 0.2) is 35.5 Å². The van der Waals surface area contributed by atoms with Gasteiger partial charge in [0.2, 0.25) is 20.9 Å². The first-order valence-corrected chi connectivity index (χ1v) is 15.7. The molecule has 0 aliphatic heterocycles. The number of hydrogen-bond acceptors (Lipinski definition) is 9. The molecule has 1 atom stereocenters. The summed E-state index contributed by atoms with van der Waals surface area (Å²) < 4.78 is 77.4. The highest BCUT2D eigenvalue weighted by Gasteiger charge is 2.36. The first-order chi connectivity index (χ1) is 19.8. The molecule has 0 radical (unpaired) electrons. The van der Waals surface area contributed by atoms with Crippen LogP contribution in [0.3, 0.4) is 0 Å². The van der Waals surface area contributed by atoms with Gasteiger partial charge in [-0.2, -0.15) is 13.2 Å². The molecule has 14 heteroatoms. The predicted molar refractivity (Wildman–Crippen MR) is 150 cm³/mol. The van der Waals surface area contributed by atoms with Crippen LogP contribution in [0.25, 0.3) is 11.3 Å². The molecular weight excluding hydrogens is 595 g/mol. The van der Waals surface area contributed by atoms with Crippen molar-refractivity contribution >= 4 is 38.1 Å². The van der Waals surface area contributed by atoms with Crippen LogP contribution >= 0.6 is 11.3 Å². The number of esters is 1. The topological polar surface area (TPSA) is 125 Å². The number of para-hydroxylation sites is 1.